The monoisotopic (exact) mass is 249 g/mol. The number of carbonyl (C=O) groups is 1. The van der Waals surface area contributed by atoms with Crippen LogP contribution < -0.4 is 0 Å². The van der Waals surface area contributed by atoms with Crippen LogP contribution in [0.3, 0.4) is 0 Å². The minimum Gasteiger partial charge on any atom is -0.478 e. The van der Waals surface area contributed by atoms with Crippen LogP contribution in [0.15, 0.2) is 12.1 Å². The highest BCUT2D eigenvalue weighted by molar-refractivity contribution is 6.33. The first kappa shape index (κ1) is 11.9. The molecule has 1 N–H and O–H groups in total. The van der Waals surface area contributed by atoms with Gasteiger partial charge < -0.3 is 5.11 Å². The van der Waals surface area contributed by atoms with Crippen molar-refractivity contribution in [3.05, 3.63) is 39.5 Å². The molecule has 1 aromatic heterocycles. The van der Waals surface area contributed by atoms with Gasteiger partial charge in [-0.05, 0) is 37.5 Å². The van der Waals surface area contributed by atoms with Crippen molar-refractivity contribution in [3.8, 4) is 0 Å². The van der Waals surface area contributed by atoms with E-state index in [1.807, 2.05) is 26.0 Å². The van der Waals surface area contributed by atoms with Crippen LogP contribution >= 0.6 is 11.6 Å². The van der Waals surface area contributed by atoms with E-state index in [4.69, 9.17) is 16.7 Å². The summed E-state index contributed by atoms with van der Waals surface area (Å²) in [5.74, 6) is -1.04. The zero-order valence-corrected chi connectivity index (χ0v) is 10.6. The van der Waals surface area contributed by atoms with E-state index in [1.54, 1.807) is 6.92 Å². The number of aromatic nitrogens is 1. The smallest absolute Gasteiger partial charge is 0.339 e. The molecule has 0 bridgehead atoms. The van der Waals surface area contributed by atoms with Gasteiger partial charge in [0.1, 0.15) is 10.7 Å². The lowest BCUT2D eigenvalue weighted by atomic mass is 9.98. The number of rotatable bonds is 1. The van der Waals surface area contributed by atoms with Crippen molar-refractivity contribution in [2.24, 2.45) is 0 Å². The van der Waals surface area contributed by atoms with Gasteiger partial charge in [-0.25, -0.2) is 9.78 Å². The summed E-state index contributed by atoms with van der Waals surface area (Å²) in [5, 5.41) is 10.1. The maximum atomic E-state index is 11.2. The normalized spacial score (nSPS) is 10.8. The van der Waals surface area contributed by atoms with Crippen molar-refractivity contribution in [1.29, 1.82) is 0 Å². The number of hydrogen-bond donors (Lipinski definition) is 1. The van der Waals surface area contributed by atoms with Crippen molar-refractivity contribution in [2.45, 2.75) is 20.8 Å². The predicted molar refractivity (Wildman–Crippen MR) is 67.9 cm³/mol. The number of nitrogens with zero attached hydrogens (tertiary/aromatic N) is 1. The highest BCUT2D eigenvalue weighted by Gasteiger charge is 2.18. The molecule has 1 aromatic carbocycles. The largest absolute Gasteiger partial charge is 0.478 e. The first-order valence-electron chi connectivity index (χ1n) is 5.22. The van der Waals surface area contributed by atoms with Crippen LogP contribution in [-0.2, 0) is 0 Å². The minimum atomic E-state index is -1.04. The molecule has 0 aliphatic rings. The van der Waals surface area contributed by atoms with E-state index >= 15 is 0 Å². The third-order valence-electron chi connectivity index (χ3n) is 2.97. The number of aromatic carboxylic acids is 1. The van der Waals surface area contributed by atoms with Gasteiger partial charge in [-0.2, -0.15) is 0 Å². The Morgan fingerprint density at radius 3 is 2.41 bits per heavy atom. The van der Waals surface area contributed by atoms with Gasteiger partial charge in [0.2, 0.25) is 0 Å². The van der Waals surface area contributed by atoms with Crippen LogP contribution in [0.1, 0.15) is 27.0 Å². The number of hydrogen-bond acceptors (Lipinski definition) is 2. The fraction of sp³-hybridized carbons (Fsp3) is 0.231. The quantitative estimate of drug-likeness (QED) is 0.787. The SMILES string of the molecule is Cc1ccc(C)c2c(C)c(C(=O)O)c(Cl)nc12. The summed E-state index contributed by atoms with van der Waals surface area (Å²) in [4.78, 5) is 15.4. The first-order valence-corrected chi connectivity index (χ1v) is 5.60. The van der Waals surface area contributed by atoms with Crippen LogP contribution in [0.4, 0.5) is 0 Å². The lowest BCUT2D eigenvalue weighted by Gasteiger charge is -2.11. The number of benzene rings is 1. The fourth-order valence-electron chi connectivity index (χ4n) is 2.10. The van der Waals surface area contributed by atoms with Gasteiger partial charge in [0.25, 0.3) is 0 Å². The molecule has 0 atom stereocenters. The molecule has 0 radical (unpaired) electrons. The summed E-state index contributed by atoms with van der Waals surface area (Å²) in [6.45, 7) is 5.65. The zero-order chi connectivity index (χ0) is 12.7. The molecule has 4 heteroatoms. The summed E-state index contributed by atoms with van der Waals surface area (Å²) >= 11 is 5.94. The Morgan fingerprint density at radius 2 is 1.82 bits per heavy atom. The molecule has 0 fully saturated rings. The van der Waals surface area contributed by atoms with Gasteiger partial charge in [0.05, 0.1) is 5.52 Å². The van der Waals surface area contributed by atoms with Gasteiger partial charge in [0, 0.05) is 5.39 Å². The lowest BCUT2D eigenvalue weighted by molar-refractivity contribution is 0.0696. The van der Waals surface area contributed by atoms with E-state index in [1.165, 1.54) is 0 Å². The van der Waals surface area contributed by atoms with E-state index in [-0.39, 0.29) is 10.7 Å². The minimum absolute atomic E-state index is 0.0520. The Labute approximate surface area is 104 Å². The van der Waals surface area contributed by atoms with Gasteiger partial charge in [-0.3, -0.25) is 0 Å². The van der Waals surface area contributed by atoms with Gasteiger partial charge in [-0.15, -0.1) is 0 Å². The number of carboxylic acids is 1. The molecule has 1 heterocycles. The first-order chi connectivity index (χ1) is 7.93. The van der Waals surface area contributed by atoms with Crippen molar-refractivity contribution in [1.82, 2.24) is 4.98 Å². The molecule has 0 aliphatic heterocycles. The Hall–Kier alpha value is -1.61. The van der Waals surface area contributed by atoms with Crippen LogP contribution in [-0.4, -0.2) is 16.1 Å². The third kappa shape index (κ3) is 1.76. The summed E-state index contributed by atoms with van der Waals surface area (Å²) < 4.78 is 0. The molecule has 0 spiro atoms. The standard InChI is InChI=1S/C13H12ClNO2/c1-6-4-5-7(2)11-9(6)8(3)10(13(16)17)12(14)15-11/h4-5H,1-3H3,(H,16,17). The molecule has 0 unspecified atom stereocenters. The number of pyridine rings is 1. The maximum Gasteiger partial charge on any atom is 0.339 e. The molecular weight excluding hydrogens is 238 g/mol. The topological polar surface area (TPSA) is 50.2 Å². The van der Waals surface area contributed by atoms with E-state index in [9.17, 15) is 4.79 Å². The lowest BCUT2D eigenvalue weighted by Crippen LogP contribution is -2.04. The van der Waals surface area contributed by atoms with E-state index < -0.39 is 5.97 Å². The Morgan fingerprint density at radius 1 is 1.24 bits per heavy atom. The highest BCUT2D eigenvalue weighted by atomic mass is 35.5. The summed E-state index contributed by atoms with van der Waals surface area (Å²) in [6.07, 6.45) is 0. The Balaban J connectivity index is 3.02. The third-order valence-corrected chi connectivity index (χ3v) is 3.24. The van der Waals surface area contributed by atoms with Crippen molar-refractivity contribution < 1.29 is 9.90 Å². The predicted octanol–water partition coefficient (Wildman–Crippen LogP) is 3.51. The molecule has 0 saturated heterocycles. The number of fused-ring (bicyclic) bond motifs is 1. The molecular formula is C13H12ClNO2. The molecule has 3 nitrogen and oxygen atoms in total. The number of carboxylic acid groups (broad SMARTS) is 1. The van der Waals surface area contributed by atoms with Crippen molar-refractivity contribution in [3.63, 3.8) is 0 Å². The van der Waals surface area contributed by atoms with E-state index in [0.717, 1.165) is 22.0 Å². The molecule has 2 rings (SSSR count). The average Bonchev–Trinajstić information content (AvgIpc) is 2.22. The van der Waals surface area contributed by atoms with Gasteiger partial charge >= 0.3 is 5.97 Å². The van der Waals surface area contributed by atoms with Crippen molar-refractivity contribution >= 4 is 28.5 Å². The summed E-state index contributed by atoms with van der Waals surface area (Å²) in [6, 6.07) is 3.92. The average molecular weight is 250 g/mol. The molecule has 2 aromatic rings. The number of halogens is 1. The second-order valence-electron chi connectivity index (χ2n) is 4.13. The summed E-state index contributed by atoms with van der Waals surface area (Å²) in [5.41, 5.74) is 3.54. The molecule has 17 heavy (non-hydrogen) atoms. The molecule has 0 amide bonds. The van der Waals surface area contributed by atoms with E-state index in [0.29, 0.717) is 5.56 Å². The Bertz CT molecular complexity index is 635. The molecule has 0 aliphatic carbocycles. The Kier molecular flexibility index (Phi) is 2.79. The fourth-order valence-corrected chi connectivity index (χ4v) is 2.40. The zero-order valence-electron chi connectivity index (χ0n) is 9.84. The van der Waals surface area contributed by atoms with Gasteiger partial charge in [0.15, 0.2) is 0 Å². The summed E-state index contributed by atoms with van der Waals surface area (Å²) in [7, 11) is 0. The highest BCUT2D eigenvalue weighted by Crippen LogP contribution is 2.29. The second kappa shape index (κ2) is 4.00. The van der Waals surface area contributed by atoms with Crippen LogP contribution in [0.5, 0.6) is 0 Å². The van der Waals surface area contributed by atoms with Crippen molar-refractivity contribution in [2.75, 3.05) is 0 Å². The van der Waals surface area contributed by atoms with Crippen LogP contribution in [0.2, 0.25) is 5.15 Å². The molecule has 88 valence electrons. The number of aryl methyl sites for hydroxylation is 3. The van der Waals surface area contributed by atoms with Crippen LogP contribution in [0.25, 0.3) is 10.9 Å². The second-order valence-corrected chi connectivity index (χ2v) is 4.49. The maximum absolute atomic E-state index is 11.2. The van der Waals surface area contributed by atoms with Gasteiger partial charge in [-0.1, -0.05) is 23.7 Å². The molecule has 0 saturated carbocycles. The van der Waals surface area contributed by atoms with Crippen LogP contribution in [0, 0.1) is 20.8 Å². The van der Waals surface area contributed by atoms with E-state index in [2.05, 4.69) is 4.98 Å².